The topological polar surface area (TPSA) is 35.5 Å². The van der Waals surface area contributed by atoms with Crippen LogP contribution in [0.15, 0.2) is 36.4 Å². The van der Waals surface area contributed by atoms with Gasteiger partial charge in [0.05, 0.1) is 13.2 Å². The summed E-state index contributed by atoms with van der Waals surface area (Å²) < 4.78 is 12.0. The standard InChI is InChI=1S/C25H35O3P.Li.H/c1-5-7-9-16-27-21-14-15-23(22(18-21)28-17-10-8-6-2)29-25(26)24-19(3)12-11-13-20(24)4;;/h11-15,18,29H,5-10,16-17H2,1-4H3;;/q;+1;-1. The summed E-state index contributed by atoms with van der Waals surface area (Å²) in [5.41, 5.74) is 3.06. The van der Waals surface area contributed by atoms with Crippen LogP contribution in [0.25, 0.3) is 0 Å². The Bertz CT molecular complexity index is 778. The molecule has 30 heavy (non-hydrogen) atoms. The van der Waals surface area contributed by atoms with E-state index in [2.05, 4.69) is 13.8 Å². The fraction of sp³-hybridized carbons (Fsp3) is 0.480. The molecule has 0 bridgehead atoms. The Morgan fingerprint density at radius 2 is 1.50 bits per heavy atom. The van der Waals surface area contributed by atoms with Crippen molar-refractivity contribution in [2.24, 2.45) is 0 Å². The van der Waals surface area contributed by atoms with Crippen molar-refractivity contribution in [2.45, 2.75) is 66.2 Å². The van der Waals surface area contributed by atoms with Crippen LogP contribution < -0.4 is 33.6 Å². The molecule has 3 nitrogen and oxygen atoms in total. The first kappa shape index (κ1) is 26.8. The van der Waals surface area contributed by atoms with Crippen LogP contribution in [0.3, 0.4) is 0 Å². The number of benzene rings is 2. The second kappa shape index (κ2) is 14.7. The summed E-state index contributed by atoms with van der Waals surface area (Å²) in [6.45, 7) is 9.75. The fourth-order valence-corrected chi connectivity index (χ4v) is 4.45. The number of carbonyl (C=O) groups is 1. The van der Waals surface area contributed by atoms with Crippen molar-refractivity contribution in [1.29, 1.82) is 0 Å². The van der Waals surface area contributed by atoms with Gasteiger partial charge in [0.25, 0.3) is 0 Å². The Morgan fingerprint density at radius 1 is 0.900 bits per heavy atom. The maximum atomic E-state index is 13.0. The Labute approximate surface area is 197 Å². The minimum absolute atomic E-state index is 0. The minimum atomic E-state index is 0. The van der Waals surface area contributed by atoms with Crippen molar-refractivity contribution in [2.75, 3.05) is 13.2 Å². The largest absolute Gasteiger partial charge is 1.00 e. The molecule has 0 aromatic heterocycles. The van der Waals surface area contributed by atoms with Gasteiger partial charge in [-0.25, -0.2) is 0 Å². The molecule has 0 radical (unpaired) electrons. The summed E-state index contributed by atoms with van der Waals surface area (Å²) in [5, 5.41) is 0.954. The van der Waals surface area contributed by atoms with E-state index in [9.17, 15) is 4.79 Å². The first-order valence-electron chi connectivity index (χ1n) is 10.8. The number of unbranched alkanes of at least 4 members (excludes halogenated alkanes) is 4. The minimum Gasteiger partial charge on any atom is -1.00 e. The van der Waals surface area contributed by atoms with Crippen LogP contribution in [0.2, 0.25) is 0 Å². The van der Waals surface area contributed by atoms with Gasteiger partial charge in [0, 0.05) is 16.9 Å². The monoisotopic (exact) mass is 422 g/mol. The summed E-state index contributed by atoms with van der Waals surface area (Å²) >= 11 is 0. The average Bonchev–Trinajstić information content (AvgIpc) is 2.70. The molecule has 0 saturated heterocycles. The molecular weight excluding hydrogens is 386 g/mol. The Kier molecular flexibility index (Phi) is 13.1. The van der Waals surface area contributed by atoms with Gasteiger partial charge in [-0.1, -0.05) is 57.7 Å². The van der Waals surface area contributed by atoms with E-state index in [4.69, 9.17) is 9.47 Å². The molecule has 1 unspecified atom stereocenters. The first-order valence-corrected chi connectivity index (χ1v) is 11.8. The predicted molar refractivity (Wildman–Crippen MR) is 126 cm³/mol. The van der Waals surface area contributed by atoms with E-state index in [1.54, 1.807) is 0 Å². The number of hydrogen-bond donors (Lipinski definition) is 0. The van der Waals surface area contributed by atoms with Gasteiger partial charge in [-0.2, -0.15) is 0 Å². The number of hydrogen-bond acceptors (Lipinski definition) is 3. The summed E-state index contributed by atoms with van der Waals surface area (Å²) in [4.78, 5) is 13.0. The van der Waals surface area contributed by atoms with Crippen LogP contribution in [0, 0.1) is 13.8 Å². The summed E-state index contributed by atoms with van der Waals surface area (Å²) in [5.74, 6) is 1.60. The zero-order valence-corrected chi connectivity index (χ0v) is 20.3. The second-order valence-electron chi connectivity index (χ2n) is 7.49. The van der Waals surface area contributed by atoms with Crippen molar-refractivity contribution in [3.63, 3.8) is 0 Å². The molecule has 0 heterocycles. The normalized spacial score (nSPS) is 10.8. The molecule has 1 atom stereocenters. The predicted octanol–water partition coefficient (Wildman–Crippen LogP) is 3.70. The van der Waals surface area contributed by atoms with Crippen molar-refractivity contribution < 1.29 is 34.6 Å². The molecule has 160 valence electrons. The van der Waals surface area contributed by atoms with Gasteiger partial charge in [-0.15, -0.1) is 0 Å². The molecule has 2 aromatic carbocycles. The van der Waals surface area contributed by atoms with E-state index in [1.165, 1.54) is 12.8 Å². The van der Waals surface area contributed by atoms with Crippen LogP contribution in [-0.4, -0.2) is 18.7 Å². The molecule has 0 saturated carbocycles. The molecule has 0 spiro atoms. The molecule has 2 rings (SSSR count). The van der Waals surface area contributed by atoms with Crippen LogP contribution in [0.1, 0.15) is 75.3 Å². The molecule has 0 fully saturated rings. The Hall–Kier alpha value is -1.26. The van der Waals surface area contributed by atoms with E-state index in [1.807, 2.05) is 50.2 Å². The van der Waals surface area contributed by atoms with Gasteiger partial charge in [-0.05, 0) is 58.5 Å². The van der Waals surface area contributed by atoms with E-state index < -0.39 is 0 Å². The molecular formula is C25H36LiO3P. The van der Waals surface area contributed by atoms with E-state index in [-0.39, 0.29) is 34.4 Å². The van der Waals surface area contributed by atoms with Gasteiger partial charge < -0.3 is 10.9 Å². The van der Waals surface area contributed by atoms with Crippen LogP contribution in [0.4, 0.5) is 0 Å². The van der Waals surface area contributed by atoms with Crippen molar-refractivity contribution in [3.05, 3.63) is 53.1 Å². The third-order valence-corrected chi connectivity index (χ3v) is 6.09. The Morgan fingerprint density at radius 3 is 2.10 bits per heavy atom. The number of carbonyl (C=O) groups excluding carboxylic acids is 1. The number of rotatable bonds is 13. The van der Waals surface area contributed by atoms with Gasteiger partial charge in [-0.3, -0.25) is 4.79 Å². The molecule has 0 aliphatic rings. The Balaban J connectivity index is 0.00000450. The molecule has 0 aliphatic heterocycles. The smallest absolute Gasteiger partial charge is 1.00 e. The number of aryl methyl sites for hydroxylation is 2. The van der Waals surface area contributed by atoms with E-state index in [0.717, 1.165) is 59.2 Å². The molecule has 5 heteroatoms. The molecule has 0 N–H and O–H groups in total. The average molecular weight is 422 g/mol. The third kappa shape index (κ3) is 8.47. The zero-order valence-electron chi connectivity index (χ0n) is 20.3. The second-order valence-corrected chi connectivity index (χ2v) is 8.73. The maximum absolute atomic E-state index is 13.0. The first-order chi connectivity index (χ1) is 14.1. The zero-order chi connectivity index (χ0) is 21.1. The molecule has 2 aromatic rings. The van der Waals surface area contributed by atoms with Gasteiger partial charge in [0.2, 0.25) is 0 Å². The van der Waals surface area contributed by atoms with Gasteiger partial charge >= 0.3 is 18.9 Å². The van der Waals surface area contributed by atoms with Crippen molar-refractivity contribution in [1.82, 2.24) is 0 Å². The SMILES string of the molecule is CCCCCOc1ccc(PC(=O)c2c(C)cccc2C)c(OCCCCC)c1.[H-].[Li+]. The van der Waals surface area contributed by atoms with Gasteiger partial charge in [0.1, 0.15) is 11.5 Å². The van der Waals surface area contributed by atoms with Crippen molar-refractivity contribution in [3.8, 4) is 11.5 Å². The van der Waals surface area contributed by atoms with Crippen LogP contribution in [-0.2, 0) is 0 Å². The molecule has 0 amide bonds. The van der Waals surface area contributed by atoms with Gasteiger partial charge in [0.15, 0.2) is 5.52 Å². The van der Waals surface area contributed by atoms with E-state index >= 15 is 0 Å². The summed E-state index contributed by atoms with van der Waals surface area (Å²) in [6.07, 6.45) is 6.72. The quantitative estimate of drug-likeness (QED) is 0.281. The summed E-state index contributed by atoms with van der Waals surface area (Å²) in [6, 6.07) is 11.9. The molecule has 0 aliphatic carbocycles. The van der Waals surface area contributed by atoms with Crippen molar-refractivity contribution >= 4 is 19.4 Å². The number of ether oxygens (including phenoxy) is 2. The third-order valence-electron chi connectivity index (χ3n) is 4.93. The van der Waals surface area contributed by atoms with Crippen LogP contribution in [0.5, 0.6) is 11.5 Å². The fourth-order valence-electron chi connectivity index (χ4n) is 3.25. The van der Waals surface area contributed by atoms with Crippen LogP contribution >= 0.6 is 8.58 Å². The van der Waals surface area contributed by atoms with E-state index in [0.29, 0.717) is 13.2 Å². The maximum Gasteiger partial charge on any atom is 1.00 e. The summed E-state index contributed by atoms with van der Waals surface area (Å²) in [7, 11) is 0.0387.